The summed E-state index contributed by atoms with van der Waals surface area (Å²) in [7, 11) is 0. The van der Waals surface area contributed by atoms with Crippen LogP contribution in [-0.4, -0.2) is 33.9 Å². The highest BCUT2D eigenvalue weighted by Crippen LogP contribution is 2.36. The minimum Gasteiger partial charge on any atom is -0.342 e. The number of allylic oxidation sites excluding steroid dienone is 1. The molecule has 4 rings (SSSR count). The number of nitrogens with zero attached hydrogens (tertiary/aromatic N) is 1. The van der Waals surface area contributed by atoms with E-state index in [1.807, 2.05) is 0 Å². The first-order chi connectivity index (χ1) is 18.8. The fourth-order valence-electron chi connectivity index (χ4n) is 4.01. The van der Waals surface area contributed by atoms with Gasteiger partial charge in [-0.1, -0.05) is 23.8 Å². The Morgan fingerprint density at radius 1 is 1.10 bits per heavy atom. The zero-order valence-corrected chi connectivity index (χ0v) is 21.4. The first kappa shape index (κ1) is 28.7. The number of alkyl halides is 3. The van der Waals surface area contributed by atoms with Crippen molar-refractivity contribution in [2.45, 2.75) is 38.4 Å². The van der Waals surface area contributed by atoms with Crippen LogP contribution < -0.4 is 16.0 Å². The first-order valence-electron chi connectivity index (χ1n) is 11.8. The number of imidazole rings is 1. The van der Waals surface area contributed by atoms with Gasteiger partial charge in [0.1, 0.15) is 33.9 Å². The van der Waals surface area contributed by atoms with Crippen LogP contribution in [0.2, 0.25) is 5.15 Å². The van der Waals surface area contributed by atoms with Gasteiger partial charge in [-0.15, -0.1) is 0 Å². The van der Waals surface area contributed by atoms with Crippen molar-refractivity contribution in [3.05, 3.63) is 76.2 Å². The fraction of sp³-hybridized carbons (Fsp3) is 0.231. The number of rotatable bonds is 3. The largest absolute Gasteiger partial charge is 0.471 e. The van der Waals surface area contributed by atoms with E-state index in [2.05, 4.69) is 20.6 Å². The number of anilines is 2. The smallest absolute Gasteiger partial charge is 0.342 e. The van der Waals surface area contributed by atoms with E-state index in [1.165, 1.54) is 19.1 Å². The summed E-state index contributed by atoms with van der Waals surface area (Å²) >= 11 is 6.39. The van der Waals surface area contributed by atoms with Crippen LogP contribution in [0.5, 0.6) is 0 Å². The molecule has 14 heteroatoms. The first-order valence-corrected chi connectivity index (χ1v) is 12.2. The zero-order chi connectivity index (χ0) is 29.2. The lowest BCUT2D eigenvalue weighted by Crippen LogP contribution is -2.30. The lowest BCUT2D eigenvalue weighted by Gasteiger charge is -2.16. The third-order valence-corrected chi connectivity index (χ3v) is 6.14. The maximum absolute atomic E-state index is 14.4. The normalized spacial score (nSPS) is 15.7. The van der Waals surface area contributed by atoms with Crippen LogP contribution >= 0.6 is 11.6 Å². The lowest BCUT2D eigenvalue weighted by molar-refractivity contribution is -0.167. The lowest BCUT2D eigenvalue weighted by atomic mass is 10.1. The van der Waals surface area contributed by atoms with Gasteiger partial charge in [-0.2, -0.15) is 13.2 Å². The second-order valence-electron chi connectivity index (χ2n) is 8.92. The highest BCUT2D eigenvalue weighted by atomic mass is 35.5. The highest BCUT2D eigenvalue weighted by Gasteiger charge is 2.38. The maximum Gasteiger partial charge on any atom is 0.471 e. The number of hydrogen-bond donors (Lipinski definition) is 4. The molecule has 2 bridgehead atoms. The molecule has 0 radical (unpaired) electrons. The van der Waals surface area contributed by atoms with E-state index in [-0.39, 0.29) is 52.9 Å². The number of hydrogen-bond acceptors (Lipinski definition) is 4. The van der Waals surface area contributed by atoms with Crippen molar-refractivity contribution in [1.29, 1.82) is 0 Å². The second-order valence-corrected chi connectivity index (χ2v) is 9.30. The van der Waals surface area contributed by atoms with Crippen molar-refractivity contribution < 1.29 is 36.3 Å². The summed E-state index contributed by atoms with van der Waals surface area (Å²) in [6.45, 7) is 1.48. The molecule has 0 spiro atoms. The van der Waals surface area contributed by atoms with Gasteiger partial charge in [-0.3, -0.25) is 14.4 Å². The molecule has 3 aromatic rings. The molecule has 0 saturated heterocycles. The van der Waals surface area contributed by atoms with Crippen LogP contribution in [0.15, 0.2) is 42.5 Å². The van der Waals surface area contributed by atoms with E-state index in [1.54, 1.807) is 17.5 Å². The van der Waals surface area contributed by atoms with Gasteiger partial charge in [0.15, 0.2) is 0 Å². The van der Waals surface area contributed by atoms with E-state index < -0.39 is 47.1 Å². The molecule has 0 saturated carbocycles. The van der Waals surface area contributed by atoms with E-state index in [9.17, 15) is 36.3 Å². The number of H-pyrrole nitrogens is 1. The van der Waals surface area contributed by atoms with Crippen LogP contribution in [0.1, 0.15) is 47.1 Å². The number of carbonyl (C=O) groups is 3. The number of carbonyl (C=O) groups excluding carboxylic acids is 3. The van der Waals surface area contributed by atoms with Gasteiger partial charge in [-0.05, 0) is 55.7 Å². The van der Waals surface area contributed by atoms with Crippen LogP contribution in [0.25, 0.3) is 11.3 Å². The molecule has 0 aliphatic carbocycles. The molecule has 210 valence electrons. The van der Waals surface area contributed by atoms with Crippen molar-refractivity contribution in [3.8, 4) is 11.3 Å². The van der Waals surface area contributed by atoms with E-state index in [0.717, 1.165) is 18.2 Å². The third-order valence-electron chi connectivity index (χ3n) is 5.87. The van der Waals surface area contributed by atoms with Gasteiger partial charge in [-0.25, -0.2) is 13.8 Å². The van der Waals surface area contributed by atoms with Crippen LogP contribution in [-0.2, 0) is 9.59 Å². The number of benzene rings is 2. The Labute approximate surface area is 229 Å². The number of aromatic amines is 1. The molecule has 1 unspecified atom stereocenters. The van der Waals surface area contributed by atoms with Gasteiger partial charge in [0.2, 0.25) is 5.91 Å². The second kappa shape index (κ2) is 11.5. The molecule has 1 aliphatic rings. The summed E-state index contributed by atoms with van der Waals surface area (Å²) in [5.74, 6) is -5.69. The molecular formula is C26H21ClF5N5O3. The average Bonchev–Trinajstić information content (AvgIpc) is 3.23. The van der Waals surface area contributed by atoms with Crippen LogP contribution in [0.4, 0.5) is 33.3 Å². The minimum atomic E-state index is -5.13. The number of amides is 3. The van der Waals surface area contributed by atoms with Gasteiger partial charge in [0, 0.05) is 17.7 Å². The number of aromatic nitrogens is 2. The summed E-state index contributed by atoms with van der Waals surface area (Å²) in [6, 6.07) is 4.71. The van der Waals surface area contributed by atoms with Gasteiger partial charge in [0.25, 0.3) is 5.91 Å². The van der Waals surface area contributed by atoms with E-state index in [0.29, 0.717) is 5.56 Å². The minimum absolute atomic E-state index is 0.00929. The molecular weight excluding hydrogens is 561 g/mol. The van der Waals surface area contributed by atoms with Gasteiger partial charge < -0.3 is 20.9 Å². The molecule has 40 heavy (non-hydrogen) atoms. The Balaban J connectivity index is 1.73. The van der Waals surface area contributed by atoms with E-state index in [4.69, 9.17) is 11.6 Å². The number of halogens is 6. The third kappa shape index (κ3) is 6.47. The van der Waals surface area contributed by atoms with Gasteiger partial charge in [0.05, 0.1) is 11.7 Å². The number of aryl methyl sites for hydroxylation is 1. The zero-order valence-electron chi connectivity index (χ0n) is 20.7. The Bertz CT molecular complexity index is 1500. The summed E-state index contributed by atoms with van der Waals surface area (Å²) in [6.07, 6.45) is -1.47. The standard InChI is InChI=1S/C26H21ClF5N5O3/c1-12-9-15(28)20(16(29)10-12)24(39)35-17-5-3-2-4-6-19(38)34-18-11-13(33-25(40)26(30,31)32)7-8-14(18)21-22(27)37-23(17)36-21/h2-3,7-11,17H,4-6H2,1H3,(H,33,40)(H,34,38)(H,35,39)(H,36,37). The SMILES string of the molecule is Cc1cc(F)c(C(=O)NC2CC=CCCC(=O)Nc3cc(NC(=O)C(F)(F)F)ccc3-c3nc2[nH]c3Cl)c(F)c1. The van der Waals surface area contributed by atoms with Gasteiger partial charge >= 0.3 is 12.1 Å². The summed E-state index contributed by atoms with van der Waals surface area (Å²) in [5, 5.41) is 6.80. The van der Waals surface area contributed by atoms with Crippen molar-refractivity contribution in [3.63, 3.8) is 0 Å². The maximum atomic E-state index is 14.4. The van der Waals surface area contributed by atoms with Crippen LogP contribution in [0.3, 0.4) is 0 Å². The quantitative estimate of drug-likeness (QED) is 0.225. The molecule has 1 aromatic heterocycles. The van der Waals surface area contributed by atoms with Crippen molar-refractivity contribution in [2.24, 2.45) is 0 Å². The van der Waals surface area contributed by atoms with E-state index >= 15 is 0 Å². The molecule has 3 amide bonds. The topological polar surface area (TPSA) is 116 Å². The predicted molar refractivity (Wildman–Crippen MR) is 137 cm³/mol. The predicted octanol–water partition coefficient (Wildman–Crippen LogP) is 5.97. The van der Waals surface area contributed by atoms with Crippen molar-refractivity contribution in [2.75, 3.05) is 10.6 Å². The summed E-state index contributed by atoms with van der Waals surface area (Å²) < 4.78 is 67.1. The number of fused-ring (bicyclic) bond motifs is 4. The average molecular weight is 582 g/mol. The Morgan fingerprint density at radius 2 is 1.80 bits per heavy atom. The summed E-state index contributed by atoms with van der Waals surface area (Å²) in [4.78, 5) is 44.0. The summed E-state index contributed by atoms with van der Waals surface area (Å²) in [5.41, 5.74) is -0.456. The Hall–Kier alpha value is -4.26. The molecule has 2 heterocycles. The molecule has 8 nitrogen and oxygen atoms in total. The molecule has 1 aliphatic heterocycles. The van der Waals surface area contributed by atoms with Crippen molar-refractivity contribution >= 4 is 40.7 Å². The fourth-order valence-corrected chi connectivity index (χ4v) is 4.25. The highest BCUT2D eigenvalue weighted by molar-refractivity contribution is 6.32. The number of nitrogens with one attached hydrogen (secondary N) is 4. The Morgan fingerprint density at radius 3 is 2.48 bits per heavy atom. The Kier molecular flexibility index (Phi) is 8.24. The molecule has 4 N–H and O–H groups in total. The molecule has 0 fully saturated rings. The molecule has 2 aromatic carbocycles. The van der Waals surface area contributed by atoms with Crippen LogP contribution in [0, 0.1) is 18.6 Å². The molecule has 1 atom stereocenters. The monoisotopic (exact) mass is 581 g/mol. The van der Waals surface area contributed by atoms with Crippen molar-refractivity contribution in [1.82, 2.24) is 15.3 Å².